The largest absolute Gasteiger partial charge is 0.463 e. The van der Waals surface area contributed by atoms with Crippen LogP contribution >= 0.6 is 11.3 Å². The molecule has 1 aliphatic heterocycles. The van der Waals surface area contributed by atoms with Gasteiger partial charge < -0.3 is 15.1 Å². The lowest BCUT2D eigenvalue weighted by Crippen LogP contribution is -2.48. The van der Waals surface area contributed by atoms with Gasteiger partial charge in [0.15, 0.2) is 5.76 Å². The number of carbonyl (C=O) groups excluding carboxylic acids is 2. The molecule has 0 atom stereocenters. The average molecular weight is 440 g/mol. The summed E-state index contributed by atoms with van der Waals surface area (Å²) in [6, 6.07) is 10.9. The van der Waals surface area contributed by atoms with Crippen molar-refractivity contribution in [2.75, 3.05) is 43.4 Å². The molecule has 0 radical (unpaired) electrons. The Bertz CT molecular complexity index is 1010. The van der Waals surface area contributed by atoms with Crippen LogP contribution in [0.3, 0.4) is 0 Å². The van der Waals surface area contributed by atoms with Crippen molar-refractivity contribution < 1.29 is 14.0 Å². The quantitative estimate of drug-likeness (QED) is 0.588. The highest BCUT2D eigenvalue weighted by Crippen LogP contribution is 2.23. The van der Waals surface area contributed by atoms with Gasteiger partial charge >= 0.3 is 0 Å². The van der Waals surface area contributed by atoms with Crippen molar-refractivity contribution in [2.24, 2.45) is 0 Å². The number of aromatic nitrogens is 1. The normalized spacial score (nSPS) is 15.0. The van der Waals surface area contributed by atoms with Crippen LogP contribution in [0.1, 0.15) is 11.9 Å². The van der Waals surface area contributed by atoms with Gasteiger partial charge in [0.25, 0.3) is 0 Å². The molecule has 4 rings (SSSR count). The summed E-state index contributed by atoms with van der Waals surface area (Å²) >= 11 is 1.64. The van der Waals surface area contributed by atoms with E-state index in [-0.39, 0.29) is 11.8 Å². The van der Waals surface area contributed by atoms with Crippen LogP contribution in [-0.2, 0) is 16.1 Å². The lowest BCUT2D eigenvalue weighted by Gasteiger charge is -2.33. The summed E-state index contributed by atoms with van der Waals surface area (Å²) in [5.41, 5.74) is 2.30. The zero-order chi connectivity index (χ0) is 21.6. The van der Waals surface area contributed by atoms with Crippen LogP contribution in [0.25, 0.3) is 11.5 Å². The molecule has 2 aromatic heterocycles. The number of hydrogen-bond acceptors (Lipinski definition) is 7. The third-order valence-electron chi connectivity index (χ3n) is 5.01. The number of nitrogens with zero attached hydrogens (tertiary/aromatic N) is 3. The molecule has 2 N–H and O–H groups in total. The molecule has 0 unspecified atom stereocenters. The van der Waals surface area contributed by atoms with Crippen molar-refractivity contribution in [1.29, 1.82) is 0 Å². The van der Waals surface area contributed by atoms with E-state index >= 15 is 0 Å². The Morgan fingerprint density at radius 1 is 1.03 bits per heavy atom. The number of benzene rings is 1. The second-order valence-electron chi connectivity index (χ2n) is 7.46. The van der Waals surface area contributed by atoms with E-state index in [1.54, 1.807) is 41.9 Å². The molecule has 0 saturated carbocycles. The fourth-order valence-electron chi connectivity index (χ4n) is 3.46. The molecule has 3 heterocycles. The molecule has 1 fully saturated rings. The summed E-state index contributed by atoms with van der Waals surface area (Å²) in [5.74, 6) is 0.635. The van der Waals surface area contributed by atoms with Crippen LogP contribution in [0.15, 0.2) is 52.5 Å². The zero-order valence-corrected chi connectivity index (χ0v) is 18.2. The molecule has 9 heteroatoms. The van der Waals surface area contributed by atoms with Gasteiger partial charge in [0, 0.05) is 49.9 Å². The average Bonchev–Trinajstić information content (AvgIpc) is 3.42. The molecule has 2 amide bonds. The number of hydrogen-bond donors (Lipinski definition) is 2. The Morgan fingerprint density at radius 2 is 1.71 bits per heavy atom. The van der Waals surface area contributed by atoms with Gasteiger partial charge in [-0.1, -0.05) is 0 Å². The lowest BCUT2D eigenvalue weighted by atomic mass is 10.2. The summed E-state index contributed by atoms with van der Waals surface area (Å²) in [7, 11) is 0. The number of anilines is 2. The standard InChI is InChI=1S/C22H25N5O3S/c1-16(28)23-17-4-6-18(7-5-17)24-21(29)13-26-8-10-27(11-9-26)14-22-25-19(15-31-22)20-3-2-12-30-20/h2-7,12,15H,8-11,13-14H2,1H3,(H,23,28)(H,24,29). The van der Waals surface area contributed by atoms with Gasteiger partial charge in [-0.2, -0.15) is 0 Å². The SMILES string of the molecule is CC(=O)Nc1ccc(NC(=O)CN2CCN(Cc3nc(-c4ccco4)cs3)CC2)cc1. The second-order valence-corrected chi connectivity index (χ2v) is 8.41. The number of furan rings is 1. The first-order valence-corrected chi connectivity index (χ1v) is 11.0. The monoisotopic (exact) mass is 439 g/mol. The van der Waals surface area contributed by atoms with Gasteiger partial charge in [0.1, 0.15) is 10.7 Å². The third kappa shape index (κ3) is 6.00. The van der Waals surface area contributed by atoms with Crippen LogP contribution in [0.4, 0.5) is 11.4 Å². The summed E-state index contributed by atoms with van der Waals surface area (Å²) in [5, 5.41) is 8.72. The number of nitrogens with one attached hydrogen (secondary N) is 2. The predicted molar refractivity (Wildman–Crippen MR) is 121 cm³/mol. The number of rotatable bonds is 7. The Labute approximate surface area is 184 Å². The van der Waals surface area contributed by atoms with Crippen LogP contribution in [0.2, 0.25) is 0 Å². The Kier molecular flexibility index (Phi) is 6.76. The molecule has 1 saturated heterocycles. The van der Waals surface area contributed by atoms with Gasteiger partial charge in [-0.15, -0.1) is 11.3 Å². The van der Waals surface area contributed by atoms with E-state index in [9.17, 15) is 9.59 Å². The Balaban J connectivity index is 1.20. The predicted octanol–water partition coefficient (Wildman–Crippen LogP) is 3.12. The van der Waals surface area contributed by atoms with E-state index < -0.39 is 0 Å². The van der Waals surface area contributed by atoms with E-state index in [4.69, 9.17) is 4.42 Å². The molecular formula is C22H25N5O3S. The number of piperazine rings is 1. The van der Waals surface area contributed by atoms with E-state index in [2.05, 4.69) is 25.4 Å². The molecular weight excluding hydrogens is 414 g/mol. The van der Waals surface area contributed by atoms with Crippen molar-refractivity contribution >= 4 is 34.5 Å². The van der Waals surface area contributed by atoms with Gasteiger partial charge in [-0.05, 0) is 36.4 Å². The molecule has 3 aromatic rings. The van der Waals surface area contributed by atoms with E-state index in [0.717, 1.165) is 49.2 Å². The molecule has 162 valence electrons. The fourth-order valence-corrected chi connectivity index (χ4v) is 4.29. The molecule has 1 aromatic carbocycles. The first kappa shape index (κ1) is 21.2. The fraction of sp³-hybridized carbons (Fsp3) is 0.318. The third-order valence-corrected chi connectivity index (χ3v) is 5.84. The van der Waals surface area contributed by atoms with Crippen LogP contribution in [0, 0.1) is 0 Å². The highest BCUT2D eigenvalue weighted by atomic mass is 32.1. The number of thiazole rings is 1. The molecule has 31 heavy (non-hydrogen) atoms. The number of carbonyl (C=O) groups is 2. The lowest BCUT2D eigenvalue weighted by molar-refractivity contribution is -0.117. The molecule has 0 spiro atoms. The minimum atomic E-state index is -0.122. The first-order valence-electron chi connectivity index (χ1n) is 10.2. The maximum Gasteiger partial charge on any atom is 0.238 e. The summed E-state index contributed by atoms with van der Waals surface area (Å²) in [4.78, 5) is 32.6. The molecule has 8 nitrogen and oxygen atoms in total. The van der Waals surface area contributed by atoms with Crippen molar-refractivity contribution in [3.05, 3.63) is 53.0 Å². The minimum Gasteiger partial charge on any atom is -0.463 e. The maximum absolute atomic E-state index is 12.4. The van der Waals surface area contributed by atoms with Gasteiger partial charge in [-0.25, -0.2) is 4.98 Å². The second kappa shape index (κ2) is 9.86. The van der Waals surface area contributed by atoms with Crippen LogP contribution in [-0.4, -0.2) is 59.3 Å². The van der Waals surface area contributed by atoms with Crippen LogP contribution in [0.5, 0.6) is 0 Å². The smallest absolute Gasteiger partial charge is 0.238 e. The Hall–Kier alpha value is -3.01. The summed E-state index contributed by atoms with van der Waals surface area (Å²) in [6.07, 6.45) is 1.66. The van der Waals surface area contributed by atoms with Crippen molar-refractivity contribution in [3.8, 4) is 11.5 Å². The molecule has 1 aliphatic rings. The molecule has 0 bridgehead atoms. The van der Waals surface area contributed by atoms with Crippen molar-refractivity contribution in [1.82, 2.24) is 14.8 Å². The topological polar surface area (TPSA) is 90.7 Å². The van der Waals surface area contributed by atoms with E-state index in [0.29, 0.717) is 17.9 Å². The van der Waals surface area contributed by atoms with Crippen molar-refractivity contribution in [3.63, 3.8) is 0 Å². The van der Waals surface area contributed by atoms with Crippen molar-refractivity contribution in [2.45, 2.75) is 13.5 Å². The first-order chi connectivity index (χ1) is 15.0. The van der Waals surface area contributed by atoms with E-state index in [1.165, 1.54) is 6.92 Å². The zero-order valence-electron chi connectivity index (χ0n) is 17.3. The van der Waals surface area contributed by atoms with Crippen LogP contribution < -0.4 is 10.6 Å². The van der Waals surface area contributed by atoms with Gasteiger partial charge in [-0.3, -0.25) is 19.4 Å². The Morgan fingerprint density at radius 3 is 2.35 bits per heavy atom. The maximum atomic E-state index is 12.4. The molecule has 0 aliphatic carbocycles. The summed E-state index contributed by atoms with van der Waals surface area (Å²) in [6.45, 7) is 6.11. The highest BCUT2D eigenvalue weighted by molar-refractivity contribution is 7.09. The minimum absolute atomic E-state index is 0.0382. The van der Waals surface area contributed by atoms with E-state index in [1.807, 2.05) is 17.5 Å². The van der Waals surface area contributed by atoms with Gasteiger partial charge in [0.2, 0.25) is 11.8 Å². The highest BCUT2D eigenvalue weighted by Gasteiger charge is 2.20. The van der Waals surface area contributed by atoms with Gasteiger partial charge in [0.05, 0.1) is 19.4 Å². The number of amides is 2. The summed E-state index contributed by atoms with van der Waals surface area (Å²) < 4.78 is 5.41.